The van der Waals surface area contributed by atoms with E-state index in [1.54, 1.807) is 37.6 Å². The van der Waals surface area contributed by atoms with Crippen molar-refractivity contribution in [3.05, 3.63) is 59.9 Å². The molecule has 98 valence electrons. The number of amides is 1. The number of carbonyl (C=O) groups excluding carboxylic acids is 1. The third-order valence-electron chi connectivity index (χ3n) is 2.83. The van der Waals surface area contributed by atoms with Gasteiger partial charge in [0.05, 0.1) is 18.8 Å². The summed E-state index contributed by atoms with van der Waals surface area (Å²) in [5.74, 6) is 0.607. The van der Waals surface area contributed by atoms with Gasteiger partial charge in [0.15, 0.2) is 0 Å². The van der Waals surface area contributed by atoms with Crippen LogP contribution in [0.4, 0.5) is 0 Å². The lowest BCUT2D eigenvalue weighted by Gasteiger charge is -2.13. The number of pyridine rings is 1. The molecule has 4 heteroatoms. The van der Waals surface area contributed by atoms with Crippen LogP contribution in [-0.2, 0) is 0 Å². The fourth-order valence-electron chi connectivity index (χ4n) is 1.73. The van der Waals surface area contributed by atoms with E-state index >= 15 is 0 Å². The molecule has 0 radical (unpaired) electrons. The summed E-state index contributed by atoms with van der Waals surface area (Å²) in [5, 5.41) is 2.91. The van der Waals surface area contributed by atoms with Gasteiger partial charge in [0.25, 0.3) is 5.91 Å². The van der Waals surface area contributed by atoms with E-state index in [9.17, 15) is 4.79 Å². The van der Waals surface area contributed by atoms with Gasteiger partial charge in [-0.1, -0.05) is 6.07 Å². The van der Waals surface area contributed by atoms with E-state index in [1.807, 2.05) is 25.1 Å². The molecule has 0 aliphatic carbocycles. The van der Waals surface area contributed by atoms with E-state index in [-0.39, 0.29) is 11.9 Å². The van der Waals surface area contributed by atoms with E-state index in [0.717, 1.165) is 11.4 Å². The van der Waals surface area contributed by atoms with Crippen molar-refractivity contribution in [3.63, 3.8) is 0 Å². The Kier molecular flexibility index (Phi) is 4.13. The summed E-state index contributed by atoms with van der Waals surface area (Å²) in [6.45, 7) is 1.91. The molecule has 1 atom stereocenters. The second-order valence-electron chi connectivity index (χ2n) is 4.18. The molecular formula is C15H16N2O2. The maximum atomic E-state index is 12.0. The van der Waals surface area contributed by atoms with Crippen molar-refractivity contribution in [1.29, 1.82) is 0 Å². The summed E-state index contributed by atoms with van der Waals surface area (Å²) >= 11 is 0. The Bertz CT molecular complexity index is 538. The number of rotatable bonds is 4. The minimum atomic E-state index is -0.129. The van der Waals surface area contributed by atoms with E-state index in [1.165, 1.54) is 0 Å². The zero-order valence-electron chi connectivity index (χ0n) is 11.0. The summed E-state index contributed by atoms with van der Waals surface area (Å²) in [7, 11) is 1.60. The zero-order valence-corrected chi connectivity index (χ0v) is 11.0. The van der Waals surface area contributed by atoms with Crippen molar-refractivity contribution >= 4 is 5.91 Å². The normalized spacial score (nSPS) is 11.7. The molecule has 1 amide bonds. The van der Waals surface area contributed by atoms with Crippen molar-refractivity contribution in [2.75, 3.05) is 7.11 Å². The van der Waals surface area contributed by atoms with Crippen molar-refractivity contribution in [2.45, 2.75) is 13.0 Å². The molecule has 1 heterocycles. The number of ether oxygens (including phenoxy) is 1. The highest BCUT2D eigenvalue weighted by atomic mass is 16.5. The lowest BCUT2D eigenvalue weighted by Crippen LogP contribution is -2.27. The van der Waals surface area contributed by atoms with Crippen LogP contribution in [0.3, 0.4) is 0 Å². The van der Waals surface area contributed by atoms with Gasteiger partial charge in [-0.15, -0.1) is 0 Å². The first-order chi connectivity index (χ1) is 9.20. The van der Waals surface area contributed by atoms with Gasteiger partial charge < -0.3 is 10.1 Å². The second kappa shape index (κ2) is 6.00. The highest BCUT2D eigenvalue weighted by Gasteiger charge is 2.11. The second-order valence-corrected chi connectivity index (χ2v) is 4.18. The Morgan fingerprint density at radius 3 is 2.53 bits per heavy atom. The van der Waals surface area contributed by atoms with Crippen LogP contribution < -0.4 is 10.1 Å². The first kappa shape index (κ1) is 13.1. The van der Waals surface area contributed by atoms with Gasteiger partial charge in [0, 0.05) is 11.8 Å². The Morgan fingerprint density at radius 2 is 1.95 bits per heavy atom. The Hall–Kier alpha value is -2.36. The molecule has 0 saturated carbocycles. The number of aromatic nitrogens is 1. The van der Waals surface area contributed by atoms with Gasteiger partial charge in [-0.2, -0.15) is 0 Å². The minimum absolute atomic E-state index is 0.124. The van der Waals surface area contributed by atoms with E-state index < -0.39 is 0 Å². The van der Waals surface area contributed by atoms with Crippen LogP contribution in [-0.4, -0.2) is 18.0 Å². The Labute approximate surface area is 112 Å². The SMILES string of the molecule is COc1ccc(C(=O)NC(C)c2ccccn2)cc1. The van der Waals surface area contributed by atoms with Crippen molar-refractivity contribution < 1.29 is 9.53 Å². The molecule has 19 heavy (non-hydrogen) atoms. The third kappa shape index (κ3) is 3.31. The predicted molar refractivity (Wildman–Crippen MR) is 73.1 cm³/mol. The molecule has 2 aromatic rings. The van der Waals surface area contributed by atoms with Crippen LogP contribution in [0.25, 0.3) is 0 Å². The van der Waals surface area contributed by atoms with Gasteiger partial charge in [0.2, 0.25) is 0 Å². The molecule has 1 aromatic carbocycles. The average Bonchev–Trinajstić information content (AvgIpc) is 2.48. The van der Waals surface area contributed by atoms with Crippen molar-refractivity contribution in [3.8, 4) is 5.75 Å². The van der Waals surface area contributed by atoms with Gasteiger partial charge in [-0.25, -0.2) is 0 Å². The molecule has 2 rings (SSSR count). The van der Waals surface area contributed by atoms with Crippen LogP contribution in [0, 0.1) is 0 Å². The molecule has 0 saturated heterocycles. The van der Waals surface area contributed by atoms with Gasteiger partial charge in [0.1, 0.15) is 5.75 Å². The first-order valence-corrected chi connectivity index (χ1v) is 6.06. The lowest BCUT2D eigenvalue weighted by molar-refractivity contribution is 0.0939. The van der Waals surface area contributed by atoms with Crippen molar-refractivity contribution in [2.24, 2.45) is 0 Å². The summed E-state index contributed by atoms with van der Waals surface area (Å²) < 4.78 is 5.06. The van der Waals surface area contributed by atoms with Gasteiger partial charge in [-0.05, 0) is 43.3 Å². The first-order valence-electron chi connectivity index (χ1n) is 6.06. The smallest absolute Gasteiger partial charge is 0.251 e. The molecule has 0 fully saturated rings. The maximum absolute atomic E-state index is 12.0. The molecule has 1 aromatic heterocycles. The van der Waals surface area contributed by atoms with Crippen molar-refractivity contribution in [1.82, 2.24) is 10.3 Å². The molecule has 1 N–H and O–H groups in total. The summed E-state index contributed by atoms with van der Waals surface area (Å²) in [6, 6.07) is 12.5. The number of nitrogens with one attached hydrogen (secondary N) is 1. The van der Waals surface area contributed by atoms with Crippen LogP contribution in [0.15, 0.2) is 48.7 Å². The average molecular weight is 256 g/mol. The monoisotopic (exact) mass is 256 g/mol. The largest absolute Gasteiger partial charge is 0.497 e. The van der Waals surface area contributed by atoms with Crippen LogP contribution in [0.1, 0.15) is 29.0 Å². The number of benzene rings is 1. The lowest BCUT2D eigenvalue weighted by atomic mass is 10.1. The molecular weight excluding hydrogens is 240 g/mol. The van der Waals surface area contributed by atoms with Crippen LogP contribution in [0.5, 0.6) is 5.75 Å². The van der Waals surface area contributed by atoms with Gasteiger partial charge in [-0.3, -0.25) is 9.78 Å². The van der Waals surface area contributed by atoms with E-state index in [0.29, 0.717) is 5.56 Å². The van der Waals surface area contributed by atoms with Crippen LogP contribution in [0.2, 0.25) is 0 Å². The maximum Gasteiger partial charge on any atom is 0.251 e. The molecule has 0 aliphatic heterocycles. The number of hydrogen-bond donors (Lipinski definition) is 1. The van der Waals surface area contributed by atoms with Crippen LogP contribution >= 0.6 is 0 Å². The predicted octanol–water partition coefficient (Wildman–Crippen LogP) is 2.58. The minimum Gasteiger partial charge on any atom is -0.497 e. The highest BCUT2D eigenvalue weighted by molar-refractivity contribution is 5.94. The molecule has 0 bridgehead atoms. The van der Waals surface area contributed by atoms with E-state index in [4.69, 9.17) is 4.74 Å². The summed E-state index contributed by atoms with van der Waals surface area (Å²) in [6.07, 6.45) is 1.71. The number of nitrogens with zero attached hydrogens (tertiary/aromatic N) is 1. The Balaban J connectivity index is 2.04. The molecule has 4 nitrogen and oxygen atoms in total. The Morgan fingerprint density at radius 1 is 1.21 bits per heavy atom. The molecule has 0 aliphatic rings. The number of hydrogen-bond acceptors (Lipinski definition) is 3. The summed E-state index contributed by atoms with van der Waals surface area (Å²) in [5.41, 5.74) is 1.44. The quantitative estimate of drug-likeness (QED) is 0.914. The number of carbonyl (C=O) groups is 1. The van der Waals surface area contributed by atoms with E-state index in [2.05, 4.69) is 10.3 Å². The third-order valence-corrected chi connectivity index (χ3v) is 2.83. The zero-order chi connectivity index (χ0) is 13.7. The topological polar surface area (TPSA) is 51.2 Å². The summed E-state index contributed by atoms with van der Waals surface area (Å²) in [4.78, 5) is 16.3. The fourth-order valence-corrected chi connectivity index (χ4v) is 1.73. The standard InChI is InChI=1S/C15H16N2O2/c1-11(14-5-3-4-10-16-14)17-15(18)12-6-8-13(19-2)9-7-12/h3-11H,1-2H3,(H,17,18). The fraction of sp³-hybridized carbons (Fsp3) is 0.200. The van der Waals surface area contributed by atoms with Gasteiger partial charge >= 0.3 is 0 Å². The molecule has 0 spiro atoms. The highest BCUT2D eigenvalue weighted by Crippen LogP contribution is 2.13. The number of methoxy groups -OCH3 is 1. The molecule has 1 unspecified atom stereocenters.